The van der Waals surface area contributed by atoms with Gasteiger partial charge in [0, 0.05) is 12.6 Å². The van der Waals surface area contributed by atoms with Gasteiger partial charge >= 0.3 is 5.97 Å². The molecule has 14 heavy (non-hydrogen) atoms. The zero-order valence-corrected chi connectivity index (χ0v) is 9.16. The highest BCUT2D eigenvalue weighted by molar-refractivity contribution is 5.75. The van der Waals surface area contributed by atoms with Crippen molar-refractivity contribution in [3.63, 3.8) is 0 Å². The van der Waals surface area contributed by atoms with Crippen LogP contribution >= 0.6 is 0 Å². The Morgan fingerprint density at radius 1 is 1.71 bits per heavy atom. The molecular formula is C10H19NO3. The molecule has 1 saturated heterocycles. The SMILES string of the molecule is CCOC(=O)C(C)N1CCOCC1C. The van der Waals surface area contributed by atoms with E-state index in [1.54, 1.807) is 0 Å². The Hall–Kier alpha value is -0.610. The van der Waals surface area contributed by atoms with E-state index in [9.17, 15) is 4.79 Å². The van der Waals surface area contributed by atoms with E-state index < -0.39 is 0 Å². The fourth-order valence-electron chi connectivity index (χ4n) is 1.71. The molecule has 82 valence electrons. The highest BCUT2D eigenvalue weighted by Crippen LogP contribution is 2.11. The van der Waals surface area contributed by atoms with E-state index in [0.29, 0.717) is 25.9 Å². The van der Waals surface area contributed by atoms with Crippen molar-refractivity contribution in [1.29, 1.82) is 0 Å². The number of morpholine rings is 1. The molecule has 4 heteroatoms. The van der Waals surface area contributed by atoms with Crippen molar-refractivity contribution in [3.05, 3.63) is 0 Å². The zero-order valence-electron chi connectivity index (χ0n) is 9.16. The van der Waals surface area contributed by atoms with Gasteiger partial charge in [-0.1, -0.05) is 0 Å². The molecular weight excluding hydrogens is 182 g/mol. The van der Waals surface area contributed by atoms with Crippen LogP contribution in [0.25, 0.3) is 0 Å². The lowest BCUT2D eigenvalue weighted by molar-refractivity contribution is -0.152. The van der Waals surface area contributed by atoms with Gasteiger partial charge in [0.1, 0.15) is 6.04 Å². The Kier molecular flexibility index (Phi) is 4.35. The van der Waals surface area contributed by atoms with Crippen LogP contribution in [-0.2, 0) is 14.3 Å². The molecule has 1 fully saturated rings. The van der Waals surface area contributed by atoms with E-state index in [1.807, 2.05) is 13.8 Å². The quantitative estimate of drug-likeness (QED) is 0.629. The van der Waals surface area contributed by atoms with E-state index in [1.165, 1.54) is 0 Å². The van der Waals surface area contributed by atoms with Gasteiger partial charge < -0.3 is 9.47 Å². The number of carbonyl (C=O) groups excluding carboxylic acids is 1. The molecule has 0 aromatic heterocycles. The van der Waals surface area contributed by atoms with Gasteiger partial charge in [-0.2, -0.15) is 0 Å². The summed E-state index contributed by atoms with van der Waals surface area (Å²) in [6.45, 7) is 8.43. The summed E-state index contributed by atoms with van der Waals surface area (Å²) in [7, 11) is 0. The summed E-state index contributed by atoms with van der Waals surface area (Å²) in [6.07, 6.45) is 0. The monoisotopic (exact) mass is 201 g/mol. The molecule has 0 bridgehead atoms. The van der Waals surface area contributed by atoms with Crippen LogP contribution in [0.5, 0.6) is 0 Å². The van der Waals surface area contributed by atoms with E-state index in [2.05, 4.69) is 11.8 Å². The first kappa shape index (κ1) is 11.5. The van der Waals surface area contributed by atoms with E-state index >= 15 is 0 Å². The summed E-state index contributed by atoms with van der Waals surface area (Å²) in [5.74, 6) is -0.138. The van der Waals surface area contributed by atoms with Gasteiger partial charge in [0.25, 0.3) is 0 Å². The molecule has 2 atom stereocenters. The lowest BCUT2D eigenvalue weighted by Crippen LogP contribution is -2.51. The fourth-order valence-corrected chi connectivity index (χ4v) is 1.71. The van der Waals surface area contributed by atoms with Crippen LogP contribution in [0.15, 0.2) is 0 Å². The number of rotatable bonds is 3. The molecule has 0 aromatic rings. The van der Waals surface area contributed by atoms with E-state index in [0.717, 1.165) is 6.54 Å². The van der Waals surface area contributed by atoms with Crippen molar-refractivity contribution in [2.45, 2.75) is 32.9 Å². The number of nitrogens with zero attached hydrogens (tertiary/aromatic N) is 1. The Bertz CT molecular complexity index is 196. The molecule has 1 rings (SSSR count). The first-order chi connectivity index (χ1) is 6.66. The molecule has 1 heterocycles. The van der Waals surface area contributed by atoms with Gasteiger partial charge in [-0.25, -0.2) is 0 Å². The van der Waals surface area contributed by atoms with E-state index in [4.69, 9.17) is 9.47 Å². The van der Waals surface area contributed by atoms with Crippen molar-refractivity contribution < 1.29 is 14.3 Å². The Balaban J connectivity index is 2.48. The first-order valence-corrected chi connectivity index (χ1v) is 5.17. The third-order valence-electron chi connectivity index (χ3n) is 2.54. The maximum absolute atomic E-state index is 11.5. The molecule has 4 nitrogen and oxygen atoms in total. The lowest BCUT2D eigenvalue weighted by Gasteiger charge is -2.36. The second-order valence-electron chi connectivity index (χ2n) is 3.59. The minimum atomic E-state index is -0.158. The number of esters is 1. The smallest absolute Gasteiger partial charge is 0.323 e. The molecule has 0 aromatic carbocycles. The Labute approximate surface area is 85.2 Å². The van der Waals surface area contributed by atoms with Gasteiger partial charge in [-0.3, -0.25) is 9.69 Å². The maximum atomic E-state index is 11.5. The van der Waals surface area contributed by atoms with Crippen molar-refractivity contribution in [2.24, 2.45) is 0 Å². The van der Waals surface area contributed by atoms with Gasteiger partial charge in [-0.15, -0.1) is 0 Å². The number of hydrogen-bond donors (Lipinski definition) is 0. The second-order valence-corrected chi connectivity index (χ2v) is 3.59. The lowest BCUT2D eigenvalue weighted by atomic mass is 10.2. The van der Waals surface area contributed by atoms with Gasteiger partial charge in [0.05, 0.1) is 19.8 Å². The van der Waals surface area contributed by atoms with Crippen LogP contribution in [0.2, 0.25) is 0 Å². The third-order valence-corrected chi connectivity index (χ3v) is 2.54. The topological polar surface area (TPSA) is 38.8 Å². The van der Waals surface area contributed by atoms with Gasteiger partial charge in [0.2, 0.25) is 0 Å². The average molecular weight is 201 g/mol. The predicted octanol–water partition coefficient (Wildman–Crippen LogP) is 0.659. The Morgan fingerprint density at radius 3 is 3.00 bits per heavy atom. The standard InChI is InChI=1S/C10H19NO3/c1-4-14-10(12)9(3)11-5-6-13-7-8(11)2/h8-9H,4-7H2,1-3H3. The van der Waals surface area contributed by atoms with Gasteiger partial charge in [0.15, 0.2) is 0 Å². The second kappa shape index (κ2) is 5.32. The minimum Gasteiger partial charge on any atom is -0.465 e. The highest BCUT2D eigenvalue weighted by Gasteiger charge is 2.28. The van der Waals surface area contributed by atoms with Crippen LogP contribution in [0.4, 0.5) is 0 Å². The molecule has 0 N–H and O–H groups in total. The molecule has 1 aliphatic heterocycles. The molecule has 1 aliphatic rings. The van der Waals surface area contributed by atoms with Crippen molar-refractivity contribution in [3.8, 4) is 0 Å². The molecule has 0 radical (unpaired) electrons. The Morgan fingerprint density at radius 2 is 2.43 bits per heavy atom. The predicted molar refractivity (Wildman–Crippen MR) is 53.1 cm³/mol. The number of carbonyl (C=O) groups is 1. The highest BCUT2D eigenvalue weighted by atomic mass is 16.5. The third kappa shape index (κ3) is 2.69. The van der Waals surface area contributed by atoms with E-state index in [-0.39, 0.29) is 12.0 Å². The number of ether oxygens (including phenoxy) is 2. The largest absolute Gasteiger partial charge is 0.465 e. The van der Waals surface area contributed by atoms with Crippen molar-refractivity contribution in [2.75, 3.05) is 26.4 Å². The van der Waals surface area contributed by atoms with Crippen LogP contribution in [0.3, 0.4) is 0 Å². The molecule has 0 saturated carbocycles. The summed E-state index contributed by atoms with van der Waals surface area (Å²) in [5.41, 5.74) is 0. The zero-order chi connectivity index (χ0) is 10.6. The summed E-state index contributed by atoms with van der Waals surface area (Å²) in [5, 5.41) is 0. The van der Waals surface area contributed by atoms with Crippen LogP contribution in [0.1, 0.15) is 20.8 Å². The molecule has 0 spiro atoms. The van der Waals surface area contributed by atoms with Crippen molar-refractivity contribution >= 4 is 5.97 Å². The molecule has 2 unspecified atom stereocenters. The van der Waals surface area contributed by atoms with Crippen LogP contribution in [-0.4, -0.2) is 49.3 Å². The first-order valence-electron chi connectivity index (χ1n) is 5.17. The van der Waals surface area contributed by atoms with Crippen LogP contribution < -0.4 is 0 Å². The van der Waals surface area contributed by atoms with Crippen molar-refractivity contribution in [1.82, 2.24) is 4.90 Å². The average Bonchev–Trinajstić information content (AvgIpc) is 2.18. The summed E-state index contributed by atoms with van der Waals surface area (Å²) in [6, 6.07) is 0.136. The minimum absolute atomic E-state index is 0.138. The maximum Gasteiger partial charge on any atom is 0.323 e. The summed E-state index contributed by atoms with van der Waals surface area (Å²) in [4.78, 5) is 13.6. The molecule has 0 aliphatic carbocycles. The summed E-state index contributed by atoms with van der Waals surface area (Å²) >= 11 is 0. The molecule has 0 amide bonds. The fraction of sp³-hybridized carbons (Fsp3) is 0.900. The number of hydrogen-bond acceptors (Lipinski definition) is 4. The summed E-state index contributed by atoms with van der Waals surface area (Å²) < 4.78 is 10.3. The normalized spacial score (nSPS) is 25.8. The van der Waals surface area contributed by atoms with Crippen LogP contribution in [0, 0.1) is 0 Å². The van der Waals surface area contributed by atoms with Gasteiger partial charge in [-0.05, 0) is 20.8 Å².